The minimum atomic E-state index is -2.43. The summed E-state index contributed by atoms with van der Waals surface area (Å²) in [5, 5.41) is 34.4. The van der Waals surface area contributed by atoms with Crippen molar-refractivity contribution >= 4 is 22.5 Å². The number of Topliss-reactive ketones (excluding diaryl/α,β-unsaturated/α-hetero) is 1. The van der Waals surface area contributed by atoms with E-state index in [-0.39, 0.29) is 29.2 Å². The van der Waals surface area contributed by atoms with Crippen LogP contribution in [0.5, 0.6) is 5.75 Å². The first-order valence-corrected chi connectivity index (χ1v) is 9.41. The van der Waals surface area contributed by atoms with Crippen LogP contribution in [0.1, 0.15) is 49.5 Å². The molecule has 0 fully saturated rings. The molecule has 1 aliphatic rings. The van der Waals surface area contributed by atoms with E-state index in [0.29, 0.717) is 17.2 Å². The predicted octanol–water partition coefficient (Wildman–Crippen LogP) is 2.91. The second-order valence-corrected chi connectivity index (χ2v) is 8.03. The number of methoxy groups -OCH3 is 1. The van der Waals surface area contributed by atoms with Gasteiger partial charge in [0.15, 0.2) is 5.78 Å². The lowest BCUT2D eigenvalue weighted by molar-refractivity contribution is -0.213. The van der Waals surface area contributed by atoms with Gasteiger partial charge in [0.05, 0.1) is 13.0 Å². The number of aliphatic hydroxyl groups is 2. The molecule has 28 heavy (non-hydrogen) atoms. The van der Waals surface area contributed by atoms with E-state index in [9.17, 15) is 24.9 Å². The van der Waals surface area contributed by atoms with E-state index >= 15 is 0 Å². The molecule has 1 aliphatic carbocycles. The third kappa shape index (κ3) is 2.71. The van der Waals surface area contributed by atoms with Crippen molar-refractivity contribution in [2.45, 2.75) is 44.8 Å². The van der Waals surface area contributed by atoms with Crippen molar-refractivity contribution in [2.24, 2.45) is 11.8 Å². The van der Waals surface area contributed by atoms with Crippen LogP contribution in [-0.4, -0.2) is 39.8 Å². The summed E-state index contributed by atoms with van der Waals surface area (Å²) in [6.45, 7) is 5.35. The monoisotopic (exact) mass is 386 g/mol. The molecule has 0 radical (unpaired) electrons. The Bertz CT molecular complexity index is 949. The number of hydrogen-bond donors (Lipinski definition) is 3. The molecule has 0 saturated carbocycles. The molecular formula is C22H26O6. The Kier molecular flexibility index (Phi) is 4.98. The van der Waals surface area contributed by atoms with Gasteiger partial charge in [-0.05, 0) is 47.9 Å². The number of phenols is 1. The quantitative estimate of drug-likeness (QED) is 0.698. The maximum absolute atomic E-state index is 13.1. The molecule has 0 aliphatic heterocycles. The van der Waals surface area contributed by atoms with Gasteiger partial charge in [-0.15, -0.1) is 0 Å². The Morgan fingerprint density at radius 2 is 1.93 bits per heavy atom. The summed E-state index contributed by atoms with van der Waals surface area (Å²) < 4.78 is 4.79. The molecule has 0 bridgehead atoms. The Morgan fingerprint density at radius 3 is 2.54 bits per heavy atom. The van der Waals surface area contributed by atoms with Crippen LogP contribution < -0.4 is 0 Å². The average Bonchev–Trinajstić information content (AvgIpc) is 2.68. The third-order valence-electron chi connectivity index (χ3n) is 5.94. The minimum absolute atomic E-state index is 0.0146. The van der Waals surface area contributed by atoms with Crippen LogP contribution in [0.2, 0.25) is 0 Å². The normalized spacial score (nSPS) is 27.1. The first kappa shape index (κ1) is 20.3. The molecule has 2 aromatic carbocycles. The van der Waals surface area contributed by atoms with E-state index in [1.54, 1.807) is 18.2 Å². The molecule has 0 heterocycles. The summed E-state index contributed by atoms with van der Waals surface area (Å²) in [5.74, 6) is -2.53. The van der Waals surface area contributed by atoms with E-state index in [1.165, 1.54) is 19.1 Å². The molecule has 0 unspecified atom stereocenters. The summed E-state index contributed by atoms with van der Waals surface area (Å²) in [7, 11) is 1.11. The Balaban J connectivity index is 2.36. The van der Waals surface area contributed by atoms with Crippen LogP contribution in [0.15, 0.2) is 30.3 Å². The number of phenolic OH excluding ortho intramolecular Hbond substituents is 1. The van der Waals surface area contributed by atoms with Gasteiger partial charge in [-0.1, -0.05) is 32.9 Å². The fourth-order valence-corrected chi connectivity index (χ4v) is 4.17. The SMILES string of the molecule is COC(=O)[C@@]1(O)[C@@H](C)C(=O)c2cc3cccc(O)c3cc2[C@]1(O)CCC(C)C. The first-order valence-electron chi connectivity index (χ1n) is 9.41. The Hall–Kier alpha value is -2.44. The lowest BCUT2D eigenvalue weighted by atomic mass is 9.60. The second-order valence-electron chi connectivity index (χ2n) is 8.03. The summed E-state index contributed by atoms with van der Waals surface area (Å²) in [5.41, 5.74) is -4.09. The number of rotatable bonds is 4. The number of hydrogen-bond acceptors (Lipinski definition) is 6. The first-order chi connectivity index (χ1) is 13.1. The molecule has 3 N–H and O–H groups in total. The van der Waals surface area contributed by atoms with Crippen LogP contribution in [0, 0.1) is 11.8 Å². The Labute approximate surface area is 163 Å². The number of aromatic hydroxyl groups is 1. The zero-order chi connectivity index (χ0) is 20.9. The number of carbonyl (C=O) groups excluding carboxylic acids is 2. The standard InChI is InChI=1S/C22H26O6/c1-12(2)8-9-21(26)17-11-15-14(6-5-7-18(15)23)10-16(17)19(24)13(3)22(21,27)20(25)28-4/h5-7,10-13,23,26-27H,8-9H2,1-4H3/t13-,21+,22-/m0/s1. The Morgan fingerprint density at radius 1 is 1.25 bits per heavy atom. The van der Waals surface area contributed by atoms with Crippen molar-refractivity contribution < 1.29 is 29.6 Å². The van der Waals surface area contributed by atoms with Gasteiger partial charge in [-0.2, -0.15) is 0 Å². The topological polar surface area (TPSA) is 104 Å². The summed E-state index contributed by atoms with van der Waals surface area (Å²) in [6, 6.07) is 8.01. The highest BCUT2D eigenvalue weighted by molar-refractivity contribution is 6.08. The van der Waals surface area contributed by atoms with Gasteiger partial charge in [0.25, 0.3) is 0 Å². The van der Waals surface area contributed by atoms with E-state index in [2.05, 4.69) is 0 Å². The zero-order valence-corrected chi connectivity index (χ0v) is 16.5. The fourth-order valence-electron chi connectivity index (χ4n) is 4.17. The predicted molar refractivity (Wildman–Crippen MR) is 104 cm³/mol. The molecule has 0 amide bonds. The number of ether oxygens (including phenoxy) is 1. The molecule has 2 aromatic rings. The van der Waals surface area contributed by atoms with Crippen molar-refractivity contribution in [3.63, 3.8) is 0 Å². The number of ketones is 1. The maximum Gasteiger partial charge on any atom is 0.342 e. The van der Waals surface area contributed by atoms with Crippen molar-refractivity contribution in [2.75, 3.05) is 7.11 Å². The molecule has 150 valence electrons. The highest BCUT2D eigenvalue weighted by Gasteiger charge is 2.65. The van der Waals surface area contributed by atoms with Crippen molar-refractivity contribution in [1.29, 1.82) is 0 Å². The van der Waals surface area contributed by atoms with Gasteiger partial charge in [-0.25, -0.2) is 4.79 Å². The number of carbonyl (C=O) groups is 2. The lowest BCUT2D eigenvalue weighted by Crippen LogP contribution is -2.66. The average molecular weight is 386 g/mol. The summed E-state index contributed by atoms with van der Waals surface area (Å²) >= 11 is 0. The van der Waals surface area contributed by atoms with Gasteiger partial charge >= 0.3 is 5.97 Å². The minimum Gasteiger partial charge on any atom is -0.507 e. The van der Waals surface area contributed by atoms with E-state index in [4.69, 9.17) is 4.74 Å². The molecular weight excluding hydrogens is 360 g/mol. The van der Waals surface area contributed by atoms with E-state index < -0.39 is 28.9 Å². The van der Waals surface area contributed by atoms with Gasteiger partial charge in [-0.3, -0.25) is 4.79 Å². The number of benzene rings is 2. The highest BCUT2D eigenvalue weighted by Crippen LogP contribution is 2.50. The molecule has 0 saturated heterocycles. The zero-order valence-electron chi connectivity index (χ0n) is 16.5. The molecule has 6 nitrogen and oxygen atoms in total. The number of fused-ring (bicyclic) bond motifs is 2. The third-order valence-corrected chi connectivity index (χ3v) is 5.94. The highest BCUT2D eigenvalue weighted by atomic mass is 16.5. The summed E-state index contributed by atoms with van der Waals surface area (Å²) in [4.78, 5) is 25.7. The fraction of sp³-hybridized carbons (Fsp3) is 0.455. The van der Waals surface area contributed by atoms with Crippen molar-refractivity contribution in [3.05, 3.63) is 41.5 Å². The van der Waals surface area contributed by atoms with Crippen LogP contribution in [0.4, 0.5) is 0 Å². The molecule has 3 atom stereocenters. The van der Waals surface area contributed by atoms with Crippen LogP contribution in [-0.2, 0) is 15.1 Å². The molecule has 0 spiro atoms. The van der Waals surface area contributed by atoms with Gasteiger partial charge in [0.1, 0.15) is 11.4 Å². The second kappa shape index (κ2) is 6.87. The van der Waals surface area contributed by atoms with E-state index in [1.807, 2.05) is 13.8 Å². The largest absolute Gasteiger partial charge is 0.507 e. The maximum atomic E-state index is 13.1. The summed E-state index contributed by atoms with van der Waals surface area (Å²) in [6.07, 6.45) is 0.564. The van der Waals surface area contributed by atoms with Gasteiger partial charge in [0.2, 0.25) is 5.60 Å². The lowest BCUT2D eigenvalue weighted by Gasteiger charge is -2.48. The van der Waals surface area contributed by atoms with Crippen molar-refractivity contribution in [1.82, 2.24) is 0 Å². The molecule has 3 rings (SSSR count). The van der Waals surface area contributed by atoms with Crippen LogP contribution >= 0.6 is 0 Å². The smallest absolute Gasteiger partial charge is 0.342 e. The van der Waals surface area contributed by atoms with E-state index in [0.717, 1.165) is 7.11 Å². The molecule has 6 heteroatoms. The van der Waals surface area contributed by atoms with Crippen molar-refractivity contribution in [3.8, 4) is 5.75 Å². The van der Waals surface area contributed by atoms with Crippen LogP contribution in [0.3, 0.4) is 0 Å². The molecule has 0 aromatic heterocycles. The number of esters is 1. The van der Waals surface area contributed by atoms with Gasteiger partial charge in [0, 0.05) is 10.9 Å². The van der Waals surface area contributed by atoms with Crippen LogP contribution in [0.25, 0.3) is 10.8 Å². The van der Waals surface area contributed by atoms with Gasteiger partial charge < -0.3 is 20.1 Å².